The minimum Gasteiger partial charge on any atom is -0.366 e. The van der Waals surface area contributed by atoms with Crippen molar-refractivity contribution in [3.05, 3.63) is 56.4 Å². The predicted octanol–water partition coefficient (Wildman–Crippen LogP) is -1.16. The van der Waals surface area contributed by atoms with Crippen molar-refractivity contribution >= 4 is 17.7 Å². The molecule has 3 amide bonds. The van der Waals surface area contributed by atoms with Crippen molar-refractivity contribution < 1.29 is 14.4 Å². The van der Waals surface area contributed by atoms with Crippen LogP contribution in [0.4, 0.5) is 0 Å². The Morgan fingerprint density at radius 1 is 0.762 bits per heavy atom. The third-order valence-corrected chi connectivity index (χ3v) is 1.01. The first-order chi connectivity index (χ1) is 9.81. The number of nitrogens with two attached hydrogens (primary N) is 3. The molecule has 1 heterocycles. The minimum absolute atomic E-state index is 0.481. The number of hydrogen-bond acceptors (Lipinski definition) is 6. The maximum atomic E-state index is 9.47. The topological polar surface area (TPSA) is 168 Å². The molecule has 0 saturated heterocycles. The van der Waals surface area contributed by atoms with E-state index >= 15 is 0 Å². The fraction of sp³-hybridized carbons (Fsp3) is 0. The molecule has 6 N–H and O–H groups in total. The first-order valence-electron chi connectivity index (χ1n) is 5.15. The van der Waals surface area contributed by atoms with Gasteiger partial charge in [-0.15, -0.1) is 10.2 Å². The number of primary amides is 3. The number of carbonyl (C=O) groups is 3. The highest BCUT2D eigenvalue weighted by atomic mass is 16.1. The SMILES string of the molecule is C=CC(N)=O.C=CC(N)=O.C=CC(N)=O.c1cnnnc1. The first kappa shape index (κ1) is 22.8. The summed E-state index contributed by atoms with van der Waals surface area (Å²) in [4.78, 5) is 28.4. The maximum absolute atomic E-state index is 9.47. The molecule has 21 heavy (non-hydrogen) atoms. The Hall–Kier alpha value is -3.36. The Labute approximate surface area is 122 Å². The van der Waals surface area contributed by atoms with E-state index in [4.69, 9.17) is 0 Å². The molecule has 0 atom stereocenters. The van der Waals surface area contributed by atoms with Gasteiger partial charge >= 0.3 is 0 Å². The molecule has 9 heteroatoms. The Balaban J connectivity index is -0.000000207. The molecule has 114 valence electrons. The molecule has 1 rings (SSSR count). The lowest BCUT2D eigenvalue weighted by Gasteiger charge is -1.68. The summed E-state index contributed by atoms with van der Waals surface area (Å²) in [6, 6.07) is 1.72. The van der Waals surface area contributed by atoms with Crippen LogP contribution in [-0.2, 0) is 14.4 Å². The van der Waals surface area contributed by atoms with E-state index in [1.807, 2.05) is 0 Å². The van der Waals surface area contributed by atoms with Crippen LogP contribution in [0.15, 0.2) is 56.4 Å². The lowest BCUT2D eigenvalue weighted by Crippen LogP contribution is -2.04. The summed E-state index contributed by atoms with van der Waals surface area (Å²) in [7, 11) is 0. The molecule has 0 saturated carbocycles. The lowest BCUT2D eigenvalue weighted by atomic mass is 10.6. The molecule has 0 bridgehead atoms. The molecular weight excluding hydrogens is 276 g/mol. The molecule has 0 aliphatic heterocycles. The van der Waals surface area contributed by atoms with E-state index in [1.54, 1.807) is 18.5 Å². The van der Waals surface area contributed by atoms with Gasteiger partial charge in [-0.1, -0.05) is 19.7 Å². The number of carbonyl (C=O) groups excluding carboxylic acids is 3. The van der Waals surface area contributed by atoms with Crippen LogP contribution in [0.1, 0.15) is 0 Å². The van der Waals surface area contributed by atoms with Crippen LogP contribution in [0.3, 0.4) is 0 Å². The van der Waals surface area contributed by atoms with E-state index in [9.17, 15) is 14.4 Å². The van der Waals surface area contributed by atoms with Crippen molar-refractivity contribution in [1.82, 2.24) is 15.4 Å². The fourth-order valence-corrected chi connectivity index (χ4v) is 0.205. The van der Waals surface area contributed by atoms with Gasteiger partial charge in [0.2, 0.25) is 17.7 Å². The molecule has 1 aromatic rings. The number of amides is 3. The van der Waals surface area contributed by atoms with Crippen LogP contribution in [0.25, 0.3) is 0 Å². The molecule has 9 nitrogen and oxygen atoms in total. The predicted molar refractivity (Wildman–Crippen MR) is 78.0 cm³/mol. The minimum atomic E-state index is -0.481. The Kier molecular flexibility index (Phi) is 20.6. The summed E-state index contributed by atoms with van der Waals surface area (Å²) in [5.74, 6) is -1.44. The van der Waals surface area contributed by atoms with Crippen LogP contribution in [0.2, 0.25) is 0 Å². The van der Waals surface area contributed by atoms with Crippen LogP contribution in [-0.4, -0.2) is 33.1 Å². The highest BCUT2D eigenvalue weighted by Gasteiger charge is 1.70. The molecule has 1 aromatic heterocycles. The van der Waals surface area contributed by atoms with Crippen LogP contribution >= 0.6 is 0 Å². The molecule has 0 unspecified atom stereocenters. The second-order valence-electron chi connectivity index (χ2n) is 2.63. The van der Waals surface area contributed by atoms with Crippen molar-refractivity contribution in [3.63, 3.8) is 0 Å². The standard InChI is InChI=1S/C3H3N3.3C3H5NO/c1-2-4-6-5-3-1;3*1-2-3(4)5/h1-3H;3*2H,1H2,(H2,4,5). The summed E-state index contributed by atoms with van der Waals surface area (Å²) in [5, 5.41) is 10.1. The quantitative estimate of drug-likeness (QED) is 0.594. The van der Waals surface area contributed by atoms with Gasteiger partial charge in [0.15, 0.2) is 0 Å². The molecule has 0 aromatic carbocycles. The van der Waals surface area contributed by atoms with Gasteiger partial charge in [0.1, 0.15) is 0 Å². The van der Waals surface area contributed by atoms with Gasteiger partial charge in [-0.2, -0.15) is 0 Å². The fourth-order valence-electron chi connectivity index (χ4n) is 0.205. The third-order valence-electron chi connectivity index (χ3n) is 1.01. The zero-order chi connectivity index (χ0) is 17.1. The van der Waals surface area contributed by atoms with Gasteiger partial charge < -0.3 is 17.2 Å². The van der Waals surface area contributed by atoms with Crippen LogP contribution < -0.4 is 17.2 Å². The highest BCUT2D eigenvalue weighted by molar-refractivity contribution is 5.85. The number of nitrogens with zero attached hydrogens (tertiary/aromatic N) is 3. The Bertz CT molecular complexity index is 378. The van der Waals surface area contributed by atoms with Crippen molar-refractivity contribution in [1.29, 1.82) is 0 Å². The van der Waals surface area contributed by atoms with E-state index in [2.05, 4.69) is 52.3 Å². The Morgan fingerprint density at radius 2 is 1.00 bits per heavy atom. The molecule has 0 spiro atoms. The summed E-state index contributed by atoms with van der Waals surface area (Å²) in [6.45, 7) is 9.26. The Morgan fingerprint density at radius 3 is 1.05 bits per heavy atom. The van der Waals surface area contributed by atoms with E-state index in [0.29, 0.717) is 0 Å². The van der Waals surface area contributed by atoms with Crippen molar-refractivity contribution in [2.24, 2.45) is 17.2 Å². The van der Waals surface area contributed by atoms with Crippen molar-refractivity contribution in [2.45, 2.75) is 0 Å². The largest absolute Gasteiger partial charge is 0.366 e. The molecule has 0 fully saturated rings. The second kappa shape index (κ2) is 19.0. The van der Waals surface area contributed by atoms with Gasteiger partial charge in [0.25, 0.3) is 0 Å². The molecule has 0 aliphatic rings. The average molecular weight is 294 g/mol. The van der Waals surface area contributed by atoms with E-state index in [1.165, 1.54) is 0 Å². The normalized spacial score (nSPS) is 6.86. The number of hydrogen-bond donors (Lipinski definition) is 3. The summed E-state index contributed by atoms with van der Waals surface area (Å²) in [5.41, 5.74) is 13.6. The van der Waals surface area contributed by atoms with Gasteiger partial charge in [-0.3, -0.25) is 14.4 Å². The van der Waals surface area contributed by atoms with Crippen molar-refractivity contribution in [3.8, 4) is 0 Å². The molecular formula is C12H18N6O3. The first-order valence-corrected chi connectivity index (χ1v) is 5.15. The van der Waals surface area contributed by atoms with Crippen molar-refractivity contribution in [2.75, 3.05) is 0 Å². The third kappa shape index (κ3) is 47.8. The van der Waals surface area contributed by atoms with Gasteiger partial charge in [0.05, 0.1) is 12.4 Å². The van der Waals surface area contributed by atoms with Crippen LogP contribution in [0, 0.1) is 0 Å². The van der Waals surface area contributed by atoms with Gasteiger partial charge in [-0.25, -0.2) is 0 Å². The second-order valence-corrected chi connectivity index (χ2v) is 2.63. The molecule has 0 aliphatic carbocycles. The summed E-state index contributed by atoms with van der Waals surface area (Å²) in [6.07, 6.45) is 6.32. The maximum Gasteiger partial charge on any atom is 0.240 e. The average Bonchev–Trinajstić information content (AvgIpc) is 2.50. The number of rotatable bonds is 3. The van der Waals surface area contributed by atoms with E-state index < -0.39 is 17.7 Å². The lowest BCUT2D eigenvalue weighted by molar-refractivity contribution is -0.114. The zero-order valence-corrected chi connectivity index (χ0v) is 11.4. The van der Waals surface area contributed by atoms with Crippen LogP contribution in [0.5, 0.6) is 0 Å². The van der Waals surface area contributed by atoms with E-state index in [0.717, 1.165) is 18.2 Å². The summed E-state index contributed by atoms with van der Waals surface area (Å²) < 4.78 is 0. The monoisotopic (exact) mass is 294 g/mol. The summed E-state index contributed by atoms with van der Waals surface area (Å²) >= 11 is 0. The van der Waals surface area contributed by atoms with Gasteiger partial charge in [0, 0.05) is 0 Å². The smallest absolute Gasteiger partial charge is 0.240 e. The van der Waals surface area contributed by atoms with Gasteiger partial charge in [-0.05, 0) is 29.5 Å². The zero-order valence-electron chi connectivity index (χ0n) is 11.4. The highest BCUT2D eigenvalue weighted by Crippen LogP contribution is 1.61. The molecule has 0 radical (unpaired) electrons. The van der Waals surface area contributed by atoms with E-state index in [-0.39, 0.29) is 0 Å². The number of aromatic nitrogens is 3.